The number of nitrogens with zero attached hydrogens (tertiary/aromatic N) is 2. The quantitative estimate of drug-likeness (QED) is 0.762. The van der Waals surface area contributed by atoms with E-state index in [-0.39, 0.29) is 11.2 Å². The largest absolute Gasteiger partial charge is 0.357 e. The Balaban J connectivity index is 1.36. The third-order valence-corrected chi connectivity index (χ3v) is 5.55. The second-order valence-corrected chi connectivity index (χ2v) is 7.47. The van der Waals surface area contributed by atoms with Crippen LogP contribution in [0.25, 0.3) is 10.9 Å². The van der Waals surface area contributed by atoms with Gasteiger partial charge in [0.05, 0.1) is 5.69 Å². The van der Waals surface area contributed by atoms with Crippen molar-refractivity contribution < 1.29 is 4.39 Å². The Kier molecular flexibility index (Phi) is 3.67. The average molecular weight is 352 g/mol. The topological polar surface area (TPSA) is 64.8 Å². The summed E-state index contributed by atoms with van der Waals surface area (Å²) in [5.41, 5.74) is 5.40. The lowest BCUT2D eigenvalue weighted by Crippen LogP contribution is -2.27. The molecule has 0 bridgehead atoms. The number of rotatable bonds is 3. The van der Waals surface area contributed by atoms with Crippen LogP contribution in [0.2, 0.25) is 0 Å². The van der Waals surface area contributed by atoms with E-state index >= 15 is 0 Å². The highest BCUT2D eigenvalue weighted by Gasteiger charge is 2.31. The highest BCUT2D eigenvalue weighted by atomic mass is 19.1. The number of hydrogen-bond acceptors (Lipinski definition) is 3. The first-order chi connectivity index (χ1) is 12.7. The number of aromatic amines is 2. The predicted octanol–water partition coefficient (Wildman–Crippen LogP) is 2.87. The third-order valence-electron chi connectivity index (χ3n) is 5.55. The van der Waals surface area contributed by atoms with Crippen LogP contribution in [0.5, 0.6) is 0 Å². The summed E-state index contributed by atoms with van der Waals surface area (Å²) in [5.74, 6) is 0.281. The number of fused-ring (bicyclic) bond motifs is 2. The number of halogens is 1. The van der Waals surface area contributed by atoms with Gasteiger partial charge in [0.25, 0.3) is 0 Å². The molecule has 5 rings (SSSR count). The van der Waals surface area contributed by atoms with Gasteiger partial charge < -0.3 is 4.98 Å². The minimum Gasteiger partial charge on any atom is -0.357 e. The monoisotopic (exact) mass is 352 g/mol. The smallest absolute Gasteiger partial charge is 0.189 e. The van der Waals surface area contributed by atoms with Crippen LogP contribution in [0, 0.1) is 5.82 Å². The first-order valence-corrected chi connectivity index (χ1v) is 9.27. The molecule has 6 heteroatoms. The molecule has 1 fully saturated rings. The van der Waals surface area contributed by atoms with Crippen molar-refractivity contribution >= 4 is 10.9 Å². The Morgan fingerprint density at radius 1 is 1.19 bits per heavy atom. The summed E-state index contributed by atoms with van der Waals surface area (Å²) in [4.78, 5) is 18.0. The van der Waals surface area contributed by atoms with Crippen molar-refractivity contribution in [1.29, 1.82) is 0 Å². The Bertz CT molecular complexity index is 1030. The van der Waals surface area contributed by atoms with Gasteiger partial charge in [0, 0.05) is 60.3 Å². The Morgan fingerprint density at radius 2 is 2.04 bits per heavy atom. The standard InChI is InChI=1S/C20H21FN4O/c21-13-3-4-17-16(9-13)19(26)10-14(22-17)11-25-7-5-15-18(6-8-25)23-24-20(15)12-1-2-12/h3-4,9-10,12H,1-2,5-8,11H2,(H,22,26)(H,23,24). The van der Waals surface area contributed by atoms with Gasteiger partial charge in [0.15, 0.2) is 5.43 Å². The lowest BCUT2D eigenvalue weighted by atomic mass is 10.1. The molecule has 1 aromatic carbocycles. The van der Waals surface area contributed by atoms with Crippen LogP contribution in [0.15, 0.2) is 29.1 Å². The van der Waals surface area contributed by atoms with Gasteiger partial charge >= 0.3 is 0 Å². The van der Waals surface area contributed by atoms with Crippen LogP contribution in [0.3, 0.4) is 0 Å². The molecule has 0 spiro atoms. The van der Waals surface area contributed by atoms with Crippen molar-refractivity contribution in [2.75, 3.05) is 13.1 Å². The minimum absolute atomic E-state index is 0.131. The normalized spacial score (nSPS) is 18.0. The van der Waals surface area contributed by atoms with Gasteiger partial charge in [-0.2, -0.15) is 5.10 Å². The number of hydrogen-bond donors (Lipinski definition) is 2. The molecule has 2 N–H and O–H groups in total. The van der Waals surface area contributed by atoms with Crippen molar-refractivity contribution in [3.8, 4) is 0 Å². The van der Waals surface area contributed by atoms with Crippen LogP contribution in [-0.2, 0) is 19.4 Å². The maximum Gasteiger partial charge on any atom is 0.189 e. The summed E-state index contributed by atoms with van der Waals surface area (Å²) in [6, 6.07) is 5.91. The molecule has 2 aromatic heterocycles. The fraction of sp³-hybridized carbons (Fsp3) is 0.400. The van der Waals surface area contributed by atoms with Gasteiger partial charge in [-0.05, 0) is 43.0 Å². The van der Waals surface area contributed by atoms with E-state index in [0.29, 0.717) is 23.4 Å². The molecule has 0 radical (unpaired) electrons. The van der Waals surface area contributed by atoms with Crippen LogP contribution in [0.1, 0.15) is 41.4 Å². The lowest BCUT2D eigenvalue weighted by molar-refractivity contribution is 0.275. The van der Waals surface area contributed by atoms with E-state index in [9.17, 15) is 9.18 Å². The van der Waals surface area contributed by atoms with E-state index in [0.717, 1.165) is 31.6 Å². The van der Waals surface area contributed by atoms with Crippen molar-refractivity contribution in [2.45, 2.75) is 38.1 Å². The SMILES string of the molecule is O=c1cc(CN2CCc3[nH]nc(C4CC4)c3CC2)[nH]c2ccc(F)cc12. The predicted molar refractivity (Wildman–Crippen MR) is 97.8 cm³/mol. The first kappa shape index (κ1) is 15.8. The van der Waals surface area contributed by atoms with Gasteiger partial charge in [-0.3, -0.25) is 14.8 Å². The molecule has 1 aliphatic heterocycles. The summed E-state index contributed by atoms with van der Waals surface area (Å²) in [7, 11) is 0. The van der Waals surface area contributed by atoms with E-state index in [1.165, 1.54) is 41.9 Å². The molecule has 26 heavy (non-hydrogen) atoms. The molecule has 3 heterocycles. The summed E-state index contributed by atoms with van der Waals surface area (Å²) in [6.45, 7) is 2.58. The van der Waals surface area contributed by atoms with Crippen LogP contribution < -0.4 is 5.43 Å². The molecule has 1 saturated carbocycles. The van der Waals surface area contributed by atoms with Crippen molar-refractivity contribution in [2.24, 2.45) is 0 Å². The molecular formula is C20H21FN4O. The molecular weight excluding hydrogens is 331 g/mol. The zero-order valence-electron chi connectivity index (χ0n) is 14.5. The third kappa shape index (κ3) is 2.84. The first-order valence-electron chi connectivity index (χ1n) is 9.27. The molecule has 0 amide bonds. The summed E-state index contributed by atoms with van der Waals surface area (Å²) in [5, 5.41) is 8.18. The van der Waals surface area contributed by atoms with Crippen molar-refractivity contribution in [3.63, 3.8) is 0 Å². The van der Waals surface area contributed by atoms with Gasteiger partial charge in [-0.25, -0.2) is 4.39 Å². The van der Waals surface area contributed by atoms with Crippen LogP contribution in [-0.4, -0.2) is 33.2 Å². The number of benzene rings is 1. The van der Waals surface area contributed by atoms with Gasteiger partial charge in [-0.15, -0.1) is 0 Å². The van der Waals surface area contributed by atoms with Gasteiger partial charge in [0.1, 0.15) is 5.82 Å². The number of aromatic nitrogens is 3. The lowest BCUT2D eigenvalue weighted by Gasteiger charge is -2.20. The van der Waals surface area contributed by atoms with Crippen LogP contribution >= 0.6 is 0 Å². The van der Waals surface area contributed by atoms with Gasteiger partial charge in [0.2, 0.25) is 0 Å². The molecule has 134 valence electrons. The minimum atomic E-state index is -0.385. The number of H-pyrrole nitrogens is 2. The molecule has 1 aliphatic carbocycles. The van der Waals surface area contributed by atoms with E-state index in [1.54, 1.807) is 12.1 Å². The Morgan fingerprint density at radius 3 is 2.88 bits per heavy atom. The highest BCUT2D eigenvalue weighted by Crippen LogP contribution is 2.41. The maximum atomic E-state index is 13.4. The zero-order valence-corrected chi connectivity index (χ0v) is 14.5. The highest BCUT2D eigenvalue weighted by molar-refractivity contribution is 5.78. The second kappa shape index (κ2) is 6.06. The Hall–Kier alpha value is -2.47. The summed E-state index contributed by atoms with van der Waals surface area (Å²) in [6.07, 6.45) is 4.48. The fourth-order valence-electron chi connectivity index (χ4n) is 4.01. The second-order valence-electron chi connectivity index (χ2n) is 7.47. The maximum absolute atomic E-state index is 13.4. The van der Waals surface area contributed by atoms with Crippen molar-refractivity contribution in [3.05, 3.63) is 63.0 Å². The number of nitrogens with one attached hydrogen (secondary N) is 2. The van der Waals surface area contributed by atoms with Crippen LogP contribution in [0.4, 0.5) is 4.39 Å². The molecule has 0 saturated heterocycles. The average Bonchev–Trinajstić information content (AvgIpc) is 3.42. The van der Waals surface area contributed by atoms with E-state index in [1.807, 2.05) is 0 Å². The van der Waals surface area contributed by atoms with E-state index in [2.05, 4.69) is 20.1 Å². The molecule has 0 atom stereocenters. The number of pyridine rings is 1. The van der Waals surface area contributed by atoms with Gasteiger partial charge in [-0.1, -0.05) is 0 Å². The summed E-state index contributed by atoms with van der Waals surface area (Å²) < 4.78 is 13.4. The molecule has 0 unspecified atom stereocenters. The van der Waals surface area contributed by atoms with Crippen molar-refractivity contribution in [1.82, 2.24) is 20.1 Å². The molecule has 2 aliphatic rings. The molecule has 5 nitrogen and oxygen atoms in total. The summed E-state index contributed by atoms with van der Waals surface area (Å²) >= 11 is 0. The van der Waals surface area contributed by atoms with E-state index in [4.69, 9.17) is 0 Å². The Labute approximate surface area is 150 Å². The molecule has 3 aromatic rings. The van der Waals surface area contributed by atoms with E-state index < -0.39 is 0 Å². The fourth-order valence-corrected chi connectivity index (χ4v) is 4.01. The zero-order chi connectivity index (χ0) is 17.7.